The molecule has 122 valence electrons. The molecule has 1 aromatic carbocycles. The molecule has 1 saturated heterocycles. The van der Waals surface area contributed by atoms with Crippen molar-refractivity contribution < 1.29 is 14.3 Å². The standard InChI is InChI=1S/C17H25FN2O2/c1-3-19(2)9-14-10-20(11-15(14)12-21)17(22)8-13-6-4-5-7-16(13)18/h4-7,14-15,21H,3,8-12H2,1-2H3/t14-,15-/m1/s1. The van der Waals surface area contributed by atoms with Crippen LogP contribution >= 0.6 is 0 Å². The lowest BCUT2D eigenvalue weighted by molar-refractivity contribution is -0.129. The van der Waals surface area contributed by atoms with Crippen molar-refractivity contribution in [3.63, 3.8) is 0 Å². The van der Waals surface area contributed by atoms with Gasteiger partial charge in [-0.15, -0.1) is 0 Å². The van der Waals surface area contributed by atoms with Crippen molar-refractivity contribution in [2.24, 2.45) is 11.8 Å². The van der Waals surface area contributed by atoms with Gasteiger partial charge < -0.3 is 14.9 Å². The second kappa shape index (κ2) is 7.70. The van der Waals surface area contributed by atoms with Crippen LogP contribution < -0.4 is 0 Å². The van der Waals surface area contributed by atoms with Crippen molar-refractivity contribution in [3.05, 3.63) is 35.6 Å². The van der Waals surface area contributed by atoms with Gasteiger partial charge in [0.15, 0.2) is 0 Å². The van der Waals surface area contributed by atoms with Gasteiger partial charge in [-0.2, -0.15) is 0 Å². The van der Waals surface area contributed by atoms with E-state index in [1.165, 1.54) is 6.07 Å². The van der Waals surface area contributed by atoms with Gasteiger partial charge in [0.2, 0.25) is 5.91 Å². The minimum absolute atomic E-state index is 0.0646. The molecule has 1 aliphatic rings. The Morgan fingerprint density at radius 2 is 2.05 bits per heavy atom. The maximum atomic E-state index is 13.7. The lowest BCUT2D eigenvalue weighted by atomic mass is 9.96. The Morgan fingerprint density at radius 1 is 1.36 bits per heavy atom. The van der Waals surface area contributed by atoms with Crippen molar-refractivity contribution in [1.82, 2.24) is 9.80 Å². The third kappa shape index (κ3) is 4.05. The Balaban J connectivity index is 1.98. The molecule has 22 heavy (non-hydrogen) atoms. The van der Waals surface area contributed by atoms with Gasteiger partial charge in [0.05, 0.1) is 6.42 Å². The van der Waals surface area contributed by atoms with Crippen molar-refractivity contribution in [3.8, 4) is 0 Å². The number of carbonyl (C=O) groups is 1. The van der Waals surface area contributed by atoms with Crippen molar-refractivity contribution in [1.29, 1.82) is 0 Å². The summed E-state index contributed by atoms with van der Waals surface area (Å²) in [5.74, 6) is -0.0145. The number of carbonyl (C=O) groups excluding carboxylic acids is 1. The molecular formula is C17H25FN2O2. The number of amides is 1. The summed E-state index contributed by atoms with van der Waals surface area (Å²) < 4.78 is 13.7. The molecule has 0 radical (unpaired) electrons. The first kappa shape index (κ1) is 16.9. The molecule has 1 fully saturated rings. The molecule has 5 heteroatoms. The number of aliphatic hydroxyl groups excluding tert-OH is 1. The average molecular weight is 308 g/mol. The number of aliphatic hydroxyl groups is 1. The van der Waals surface area contributed by atoms with Crippen LogP contribution in [0.25, 0.3) is 0 Å². The molecule has 0 saturated carbocycles. The topological polar surface area (TPSA) is 43.8 Å². The molecular weight excluding hydrogens is 283 g/mol. The van der Waals surface area contributed by atoms with Gasteiger partial charge in [0.25, 0.3) is 0 Å². The van der Waals surface area contributed by atoms with Crippen LogP contribution in [-0.2, 0) is 11.2 Å². The molecule has 0 spiro atoms. The van der Waals surface area contributed by atoms with E-state index in [9.17, 15) is 14.3 Å². The summed E-state index contributed by atoms with van der Waals surface area (Å²) in [7, 11) is 2.04. The summed E-state index contributed by atoms with van der Waals surface area (Å²) in [6, 6.07) is 6.39. The van der Waals surface area contributed by atoms with E-state index in [1.807, 2.05) is 7.05 Å². The van der Waals surface area contributed by atoms with Crippen molar-refractivity contribution in [2.75, 3.05) is 39.8 Å². The Kier molecular flexibility index (Phi) is 5.91. The summed E-state index contributed by atoms with van der Waals surface area (Å²) in [5, 5.41) is 9.54. The van der Waals surface area contributed by atoms with Crippen LogP contribution in [0.4, 0.5) is 4.39 Å². The lowest BCUT2D eigenvalue weighted by Crippen LogP contribution is -2.32. The first-order valence-corrected chi connectivity index (χ1v) is 7.85. The Morgan fingerprint density at radius 3 is 2.68 bits per heavy atom. The average Bonchev–Trinajstić information content (AvgIpc) is 2.92. The van der Waals surface area contributed by atoms with Gasteiger partial charge in [-0.05, 0) is 31.1 Å². The smallest absolute Gasteiger partial charge is 0.227 e. The number of hydrogen-bond acceptors (Lipinski definition) is 3. The summed E-state index contributed by atoms with van der Waals surface area (Å²) in [6.07, 6.45) is 0.0845. The van der Waals surface area contributed by atoms with E-state index in [-0.39, 0.29) is 36.6 Å². The predicted molar refractivity (Wildman–Crippen MR) is 83.9 cm³/mol. The zero-order valence-corrected chi connectivity index (χ0v) is 13.3. The molecule has 0 aromatic heterocycles. The molecule has 2 atom stereocenters. The lowest BCUT2D eigenvalue weighted by Gasteiger charge is -2.22. The monoisotopic (exact) mass is 308 g/mol. The maximum absolute atomic E-state index is 13.7. The van der Waals surface area contributed by atoms with E-state index in [0.717, 1.165) is 13.1 Å². The van der Waals surface area contributed by atoms with Gasteiger partial charge in [-0.3, -0.25) is 4.79 Å². The minimum atomic E-state index is -0.337. The number of halogens is 1. The fraction of sp³-hybridized carbons (Fsp3) is 0.588. The molecule has 1 aliphatic heterocycles. The zero-order chi connectivity index (χ0) is 16.1. The van der Waals surface area contributed by atoms with Gasteiger partial charge in [-0.1, -0.05) is 25.1 Å². The zero-order valence-electron chi connectivity index (χ0n) is 13.3. The largest absolute Gasteiger partial charge is 0.396 e. The first-order chi connectivity index (χ1) is 10.5. The quantitative estimate of drug-likeness (QED) is 0.863. The van der Waals surface area contributed by atoms with E-state index < -0.39 is 0 Å². The second-order valence-electron chi connectivity index (χ2n) is 6.12. The SMILES string of the molecule is CCN(C)C[C@@H]1CN(C(=O)Cc2ccccc2F)C[C@@H]1CO. The Bertz CT molecular complexity index is 509. The van der Waals surface area contributed by atoms with Crippen LogP contribution in [0.3, 0.4) is 0 Å². The number of rotatable bonds is 6. The highest BCUT2D eigenvalue weighted by molar-refractivity contribution is 5.79. The summed E-state index contributed by atoms with van der Waals surface area (Å²) in [5.41, 5.74) is 0.433. The highest BCUT2D eigenvalue weighted by atomic mass is 19.1. The second-order valence-corrected chi connectivity index (χ2v) is 6.12. The van der Waals surface area contributed by atoms with Gasteiger partial charge >= 0.3 is 0 Å². The Hall–Kier alpha value is -1.46. The molecule has 1 aromatic rings. The summed E-state index contributed by atoms with van der Waals surface area (Å²) >= 11 is 0. The molecule has 2 rings (SSSR count). The predicted octanol–water partition coefficient (Wildman–Crippen LogP) is 1.39. The van der Waals surface area contributed by atoms with Crippen LogP contribution in [0.1, 0.15) is 12.5 Å². The van der Waals surface area contributed by atoms with E-state index in [2.05, 4.69) is 11.8 Å². The fourth-order valence-corrected chi connectivity index (χ4v) is 3.00. The van der Waals surface area contributed by atoms with Gasteiger partial charge in [0, 0.05) is 32.2 Å². The number of nitrogens with zero attached hydrogens (tertiary/aromatic N) is 2. The van der Waals surface area contributed by atoms with Crippen LogP contribution in [0.15, 0.2) is 24.3 Å². The summed E-state index contributed by atoms with van der Waals surface area (Å²) in [4.78, 5) is 16.4. The maximum Gasteiger partial charge on any atom is 0.227 e. The molecule has 1 heterocycles. The summed E-state index contributed by atoms with van der Waals surface area (Å²) in [6.45, 7) is 5.19. The van der Waals surface area contributed by atoms with E-state index in [0.29, 0.717) is 18.7 Å². The van der Waals surface area contributed by atoms with Crippen LogP contribution in [0, 0.1) is 17.7 Å². The highest BCUT2D eigenvalue weighted by Gasteiger charge is 2.35. The van der Waals surface area contributed by atoms with Crippen LogP contribution in [0.5, 0.6) is 0 Å². The van der Waals surface area contributed by atoms with Crippen molar-refractivity contribution >= 4 is 5.91 Å². The van der Waals surface area contributed by atoms with Crippen LogP contribution in [0.2, 0.25) is 0 Å². The fourth-order valence-electron chi connectivity index (χ4n) is 3.00. The van der Waals surface area contributed by atoms with E-state index in [1.54, 1.807) is 23.1 Å². The highest BCUT2D eigenvalue weighted by Crippen LogP contribution is 2.24. The normalized spacial score (nSPS) is 21.6. The molecule has 1 amide bonds. The third-order valence-corrected chi connectivity index (χ3v) is 4.55. The van der Waals surface area contributed by atoms with E-state index in [4.69, 9.17) is 0 Å². The van der Waals surface area contributed by atoms with Crippen LogP contribution in [-0.4, -0.2) is 60.6 Å². The molecule has 0 unspecified atom stereocenters. The molecule has 0 aliphatic carbocycles. The Labute approximate surface area is 131 Å². The van der Waals surface area contributed by atoms with Gasteiger partial charge in [-0.25, -0.2) is 4.39 Å². The van der Waals surface area contributed by atoms with E-state index >= 15 is 0 Å². The minimum Gasteiger partial charge on any atom is -0.396 e. The molecule has 1 N–H and O–H groups in total. The third-order valence-electron chi connectivity index (χ3n) is 4.55. The number of hydrogen-bond donors (Lipinski definition) is 1. The first-order valence-electron chi connectivity index (χ1n) is 7.85. The number of benzene rings is 1. The molecule has 4 nitrogen and oxygen atoms in total. The number of likely N-dealkylation sites (tertiary alicyclic amines) is 1. The van der Waals surface area contributed by atoms with Crippen molar-refractivity contribution in [2.45, 2.75) is 13.3 Å². The molecule has 0 bridgehead atoms. The van der Waals surface area contributed by atoms with Gasteiger partial charge in [0.1, 0.15) is 5.82 Å².